The Balaban J connectivity index is 1.91. The van der Waals surface area contributed by atoms with E-state index in [2.05, 4.69) is 15.5 Å². The highest BCUT2D eigenvalue weighted by Gasteiger charge is 2.14. The lowest BCUT2D eigenvalue weighted by molar-refractivity contribution is 0.199. The molecule has 0 bridgehead atoms. The molecule has 90 valence electrons. The third-order valence-corrected chi connectivity index (χ3v) is 3.17. The largest absolute Gasteiger partial charge is 0.383 e. The molecule has 1 aromatic rings. The zero-order chi connectivity index (χ0) is 11.2. The number of nitrogens with zero attached hydrogens (tertiary/aromatic N) is 1. The summed E-state index contributed by atoms with van der Waals surface area (Å²) in [7, 11) is 1.72. The molecule has 0 radical (unpaired) electrons. The lowest BCUT2D eigenvalue weighted by atomic mass is 10.1. The van der Waals surface area contributed by atoms with Crippen LogP contribution in [0.2, 0.25) is 0 Å². The Morgan fingerprint density at radius 2 is 2.19 bits per heavy atom. The summed E-state index contributed by atoms with van der Waals surface area (Å²) in [6.45, 7) is 2.50. The van der Waals surface area contributed by atoms with Crippen LogP contribution < -0.4 is 5.32 Å². The molecule has 4 nitrogen and oxygen atoms in total. The Labute approximate surface area is 96.8 Å². The second-order valence-corrected chi connectivity index (χ2v) is 4.36. The SMILES string of the molecule is COCCNCc1n[nH]c2c1CCCCC2. The number of hydrogen-bond acceptors (Lipinski definition) is 3. The van der Waals surface area contributed by atoms with Crippen molar-refractivity contribution in [2.45, 2.75) is 38.6 Å². The monoisotopic (exact) mass is 223 g/mol. The van der Waals surface area contributed by atoms with Crippen LogP contribution in [0.25, 0.3) is 0 Å². The van der Waals surface area contributed by atoms with Gasteiger partial charge in [0.05, 0.1) is 12.3 Å². The number of ether oxygens (including phenoxy) is 1. The Kier molecular flexibility index (Phi) is 4.36. The van der Waals surface area contributed by atoms with E-state index >= 15 is 0 Å². The molecule has 0 saturated carbocycles. The minimum Gasteiger partial charge on any atom is -0.383 e. The molecule has 1 heterocycles. The summed E-state index contributed by atoms with van der Waals surface area (Å²) >= 11 is 0. The lowest BCUT2D eigenvalue weighted by Gasteiger charge is -2.04. The minimum atomic E-state index is 0.757. The van der Waals surface area contributed by atoms with Crippen molar-refractivity contribution >= 4 is 0 Å². The van der Waals surface area contributed by atoms with Crippen LogP contribution in [-0.2, 0) is 24.1 Å². The first-order valence-corrected chi connectivity index (χ1v) is 6.16. The van der Waals surface area contributed by atoms with Gasteiger partial charge in [-0.25, -0.2) is 0 Å². The van der Waals surface area contributed by atoms with Gasteiger partial charge >= 0.3 is 0 Å². The first kappa shape index (κ1) is 11.6. The summed E-state index contributed by atoms with van der Waals surface area (Å²) in [5.41, 5.74) is 4.02. The van der Waals surface area contributed by atoms with E-state index < -0.39 is 0 Å². The fourth-order valence-electron chi connectivity index (χ4n) is 2.25. The highest BCUT2D eigenvalue weighted by molar-refractivity contribution is 5.26. The zero-order valence-electron chi connectivity index (χ0n) is 10.0. The third kappa shape index (κ3) is 2.83. The van der Waals surface area contributed by atoms with Gasteiger partial charge in [-0.15, -0.1) is 0 Å². The molecule has 0 atom stereocenters. The predicted molar refractivity (Wildman–Crippen MR) is 63.4 cm³/mol. The maximum Gasteiger partial charge on any atom is 0.0794 e. The molecular formula is C12H21N3O. The lowest BCUT2D eigenvalue weighted by Crippen LogP contribution is -2.19. The molecule has 2 rings (SSSR count). The second-order valence-electron chi connectivity index (χ2n) is 4.36. The molecule has 16 heavy (non-hydrogen) atoms. The first-order chi connectivity index (χ1) is 7.92. The molecule has 4 heteroatoms. The molecule has 0 saturated heterocycles. The predicted octanol–water partition coefficient (Wildman–Crippen LogP) is 1.41. The van der Waals surface area contributed by atoms with E-state index in [9.17, 15) is 0 Å². The van der Waals surface area contributed by atoms with Crippen molar-refractivity contribution in [1.82, 2.24) is 15.5 Å². The maximum atomic E-state index is 5.00. The van der Waals surface area contributed by atoms with E-state index in [4.69, 9.17) is 4.74 Å². The van der Waals surface area contributed by atoms with Crippen molar-refractivity contribution < 1.29 is 4.74 Å². The number of aromatic nitrogens is 2. The fraction of sp³-hybridized carbons (Fsp3) is 0.750. The van der Waals surface area contributed by atoms with E-state index in [1.807, 2.05) is 0 Å². The molecule has 0 aliphatic heterocycles. The molecule has 0 aromatic carbocycles. The van der Waals surface area contributed by atoms with Crippen molar-refractivity contribution in [1.29, 1.82) is 0 Å². The number of methoxy groups -OCH3 is 1. The van der Waals surface area contributed by atoms with Gasteiger partial charge in [-0.3, -0.25) is 5.10 Å². The Morgan fingerprint density at radius 3 is 3.06 bits per heavy atom. The number of nitrogens with one attached hydrogen (secondary N) is 2. The van der Waals surface area contributed by atoms with E-state index in [1.165, 1.54) is 49.1 Å². The first-order valence-electron chi connectivity index (χ1n) is 6.16. The smallest absolute Gasteiger partial charge is 0.0794 e. The fourth-order valence-corrected chi connectivity index (χ4v) is 2.25. The number of aromatic amines is 1. The zero-order valence-corrected chi connectivity index (χ0v) is 10.0. The van der Waals surface area contributed by atoms with Crippen molar-refractivity contribution in [2.75, 3.05) is 20.3 Å². The van der Waals surface area contributed by atoms with Gasteiger partial charge in [-0.1, -0.05) is 6.42 Å². The van der Waals surface area contributed by atoms with Crippen LogP contribution in [0.5, 0.6) is 0 Å². The summed E-state index contributed by atoms with van der Waals surface area (Å²) in [5.74, 6) is 0. The number of hydrogen-bond donors (Lipinski definition) is 2. The summed E-state index contributed by atoms with van der Waals surface area (Å²) in [6, 6.07) is 0. The standard InChI is InChI=1S/C12H21N3O/c1-16-8-7-13-9-12-10-5-3-2-4-6-11(10)14-15-12/h13H,2-9H2,1H3,(H,14,15). The van der Waals surface area contributed by atoms with E-state index in [0.29, 0.717) is 0 Å². The number of fused-ring (bicyclic) bond motifs is 1. The molecule has 2 N–H and O–H groups in total. The van der Waals surface area contributed by atoms with Crippen LogP contribution in [0.3, 0.4) is 0 Å². The summed E-state index contributed by atoms with van der Waals surface area (Å²) in [4.78, 5) is 0. The number of H-pyrrole nitrogens is 1. The van der Waals surface area contributed by atoms with Gasteiger partial charge in [0, 0.05) is 25.9 Å². The normalized spacial score (nSPS) is 15.8. The Hall–Kier alpha value is -0.870. The van der Waals surface area contributed by atoms with Gasteiger partial charge in [-0.2, -0.15) is 5.10 Å². The topological polar surface area (TPSA) is 49.9 Å². The highest BCUT2D eigenvalue weighted by Crippen LogP contribution is 2.21. The number of rotatable bonds is 5. The van der Waals surface area contributed by atoms with Crippen molar-refractivity contribution in [2.24, 2.45) is 0 Å². The van der Waals surface area contributed by atoms with Gasteiger partial charge in [0.1, 0.15) is 0 Å². The van der Waals surface area contributed by atoms with Crippen LogP contribution in [-0.4, -0.2) is 30.5 Å². The molecular weight excluding hydrogens is 202 g/mol. The second kappa shape index (κ2) is 6.01. The van der Waals surface area contributed by atoms with Crippen LogP contribution in [0, 0.1) is 0 Å². The molecule has 1 aromatic heterocycles. The summed E-state index contributed by atoms with van der Waals surface area (Å²) < 4.78 is 5.00. The summed E-state index contributed by atoms with van der Waals surface area (Å²) in [5, 5.41) is 10.9. The van der Waals surface area contributed by atoms with Gasteiger partial charge in [0.25, 0.3) is 0 Å². The van der Waals surface area contributed by atoms with E-state index in [0.717, 1.165) is 19.7 Å². The van der Waals surface area contributed by atoms with Crippen LogP contribution in [0.1, 0.15) is 36.2 Å². The van der Waals surface area contributed by atoms with Crippen molar-refractivity contribution in [3.63, 3.8) is 0 Å². The summed E-state index contributed by atoms with van der Waals surface area (Å²) in [6.07, 6.45) is 6.30. The van der Waals surface area contributed by atoms with E-state index in [1.54, 1.807) is 7.11 Å². The molecule has 0 amide bonds. The average molecular weight is 223 g/mol. The van der Waals surface area contributed by atoms with Crippen LogP contribution >= 0.6 is 0 Å². The molecule has 1 aliphatic rings. The minimum absolute atomic E-state index is 0.757. The van der Waals surface area contributed by atoms with Crippen molar-refractivity contribution in [3.8, 4) is 0 Å². The van der Waals surface area contributed by atoms with Crippen LogP contribution in [0.15, 0.2) is 0 Å². The molecule has 0 fully saturated rings. The molecule has 1 aliphatic carbocycles. The molecule has 0 spiro atoms. The van der Waals surface area contributed by atoms with E-state index in [-0.39, 0.29) is 0 Å². The highest BCUT2D eigenvalue weighted by atomic mass is 16.5. The van der Waals surface area contributed by atoms with Gasteiger partial charge in [-0.05, 0) is 31.2 Å². The Morgan fingerprint density at radius 1 is 1.31 bits per heavy atom. The molecule has 0 unspecified atom stereocenters. The van der Waals surface area contributed by atoms with Gasteiger partial charge in [0.15, 0.2) is 0 Å². The Bertz CT molecular complexity index is 322. The van der Waals surface area contributed by atoms with Crippen molar-refractivity contribution in [3.05, 3.63) is 17.0 Å². The third-order valence-electron chi connectivity index (χ3n) is 3.17. The number of aryl methyl sites for hydroxylation is 1. The quantitative estimate of drug-likeness (QED) is 0.586. The van der Waals surface area contributed by atoms with Gasteiger partial charge in [0.2, 0.25) is 0 Å². The van der Waals surface area contributed by atoms with Gasteiger partial charge < -0.3 is 10.1 Å². The van der Waals surface area contributed by atoms with Crippen LogP contribution in [0.4, 0.5) is 0 Å². The average Bonchev–Trinajstić information content (AvgIpc) is 2.54. The maximum absolute atomic E-state index is 5.00.